The Labute approximate surface area is 839 Å². The second kappa shape index (κ2) is 107. The van der Waals surface area contributed by atoms with Gasteiger partial charge in [-0.25, -0.2) is 0 Å². The summed E-state index contributed by atoms with van der Waals surface area (Å²) in [7, 11) is 0. The van der Waals surface area contributed by atoms with Gasteiger partial charge in [-0.15, -0.1) is 0 Å². The molecule has 0 rings (SSSR count). The van der Waals surface area contributed by atoms with Crippen LogP contribution in [0.4, 0.5) is 0 Å². The highest BCUT2D eigenvalue weighted by atomic mass is 79.9. The second-order valence-electron chi connectivity index (χ2n) is 37.5. The van der Waals surface area contributed by atoms with E-state index < -0.39 is 17.9 Å². The number of esters is 3. The number of alkyl halides is 2. The van der Waals surface area contributed by atoms with Gasteiger partial charge in [-0.1, -0.05) is 274 Å². The third-order valence-corrected chi connectivity index (χ3v) is 22.3. The van der Waals surface area contributed by atoms with Gasteiger partial charge in [0.2, 0.25) is 34.2 Å². The van der Waals surface area contributed by atoms with Crippen LogP contribution < -0.4 is 49.5 Å². The molecule has 0 heterocycles. The van der Waals surface area contributed by atoms with Crippen LogP contribution in [-0.2, 0) is 76.5 Å². The van der Waals surface area contributed by atoms with Crippen molar-refractivity contribution in [2.45, 2.75) is 358 Å². The minimum atomic E-state index is -0.749. The summed E-state index contributed by atoms with van der Waals surface area (Å²) in [5, 5.41) is 40.6. The number of nitrogens with one attached hydrogen (secondary N) is 5. The number of hydrogen-bond donors (Lipinski definition) is 12. The van der Waals surface area contributed by atoms with Crippen LogP contribution in [0.3, 0.4) is 0 Å². The number of Topliss-reactive ketones (excluding diaryl/α,β-unsaturated/α-hetero) is 1. The Morgan fingerprint density at radius 1 is 0.299 bits per heavy atom. The van der Waals surface area contributed by atoms with Crippen LogP contribution in [-0.4, -0.2) is 181 Å². The van der Waals surface area contributed by atoms with Gasteiger partial charge in [0.25, 0.3) is 0 Å². The molecule has 0 spiro atoms. The number of ether oxygens (including phenoxy) is 3. The zero-order valence-electron chi connectivity index (χ0n) is 88.2. The number of halogens is 3. The molecule has 0 saturated heterocycles. The summed E-state index contributed by atoms with van der Waals surface area (Å²) >= 11 is 8.73. The minimum Gasteiger partial charge on any atom is -0.481 e. The number of nitrogens with two attached hydrogens (primary N) is 4. The fraction of sp³-hybridized carbons (Fsp3) is 0.816. The molecule has 0 fully saturated rings. The van der Waals surface area contributed by atoms with Crippen molar-refractivity contribution >= 4 is 124 Å². The van der Waals surface area contributed by atoms with E-state index in [-0.39, 0.29) is 83.5 Å². The van der Waals surface area contributed by atoms with Gasteiger partial charge >= 0.3 is 35.8 Å². The number of carbonyl (C=O) groups is 13. The average molecular weight is 2110 g/mol. The van der Waals surface area contributed by atoms with E-state index in [1.54, 1.807) is 18.2 Å². The van der Waals surface area contributed by atoms with Crippen LogP contribution in [0.1, 0.15) is 358 Å². The summed E-state index contributed by atoms with van der Waals surface area (Å²) in [6.07, 6.45) is 28.5. The molecule has 0 aromatic heterocycles. The molecule has 0 aliphatic heterocycles. The van der Waals surface area contributed by atoms with Gasteiger partial charge in [0.05, 0.1) is 10.7 Å². The van der Waals surface area contributed by atoms with E-state index in [4.69, 9.17) is 47.7 Å². The lowest BCUT2D eigenvalue weighted by molar-refractivity contribution is -0.143. The monoisotopic (exact) mass is 2100 g/mol. The van der Waals surface area contributed by atoms with Crippen molar-refractivity contribution in [3.8, 4) is 0 Å². The van der Waals surface area contributed by atoms with Crippen LogP contribution in [0.2, 0.25) is 0 Å². The van der Waals surface area contributed by atoms with Crippen molar-refractivity contribution in [1.82, 2.24) is 26.6 Å². The van der Waals surface area contributed by atoms with Crippen molar-refractivity contribution in [2.75, 3.05) is 89.4 Å². The number of aliphatic carboxylic acids is 3. The lowest BCUT2D eigenvalue weighted by Crippen LogP contribution is -2.30. The molecule has 134 heavy (non-hydrogen) atoms. The molecular weight excluding hydrogens is 1910 g/mol. The molecule has 0 aromatic carbocycles. The molecular formula is C103H200Br3N9O19. The predicted octanol–water partition coefficient (Wildman–Crippen LogP) is 20.4. The predicted molar refractivity (Wildman–Crippen MR) is 564 cm³/mol. The van der Waals surface area contributed by atoms with E-state index in [2.05, 4.69) is 258 Å². The van der Waals surface area contributed by atoms with Gasteiger partial charge in [0, 0.05) is 123 Å². The van der Waals surface area contributed by atoms with E-state index in [1.807, 2.05) is 0 Å². The molecule has 16 N–H and O–H groups in total. The standard InChI is InChI=1S/2C16H29NO3.C14H26BrNO2.2C11H24N2O.2C9H18O2.C8H17NO2.C7H13NO2.C2H2Br2O/c2*1-5-10-20-16(19)8-7-9-17-15(18)12-14(6-2)11-13(3)4;1-4-12(8-11(2)3)9-14(18)16-7-5-6-13(17)10-15;2*1-4-10(7-9(2)3)8-11(14)13-6-5-12;2*1-4-8(5-7(2)3)6-9(10)11;1-6(2)3-7(5-9)4-8(10)11;1-2-6-10-7(9)4-3-5-8;3-1-2(4)5/h2*5,13-14H,1,6-12H2,2-4H3,(H,17,18);11-12H,4-10H2,1-3H3,(H,16,18);2*9-10H,4-8,12H2,1-3H3,(H,13,14);2*7-8H,4-6H2,1-3H3,(H,10,11);6-7H,3-5,9H2,1-2H3,(H,10,11);2H,1,3-6,8H2;1H2/t2*14-;12-;2*10-;2*8-;7-;;/m00000000../s1. The average Bonchev–Trinajstić information content (AvgIpc) is 0.961. The Bertz CT molecular complexity index is 2740. The highest BCUT2D eigenvalue weighted by Crippen LogP contribution is 2.25. The van der Waals surface area contributed by atoms with Crippen molar-refractivity contribution in [3.63, 3.8) is 0 Å². The van der Waals surface area contributed by atoms with E-state index >= 15 is 0 Å². The molecule has 0 bridgehead atoms. The maximum Gasteiger partial charge on any atom is 0.306 e. The first-order valence-electron chi connectivity index (χ1n) is 49.8. The molecule has 0 aliphatic carbocycles. The molecule has 0 aliphatic rings. The van der Waals surface area contributed by atoms with Gasteiger partial charge in [0.15, 0.2) is 0 Å². The van der Waals surface area contributed by atoms with Gasteiger partial charge in [-0.3, -0.25) is 62.3 Å². The van der Waals surface area contributed by atoms with Crippen molar-refractivity contribution in [3.05, 3.63) is 38.0 Å². The lowest BCUT2D eigenvalue weighted by Gasteiger charge is -2.16. The molecule has 792 valence electrons. The summed E-state index contributed by atoms with van der Waals surface area (Å²) < 4.78 is 14.4. The van der Waals surface area contributed by atoms with Crippen LogP contribution in [0.25, 0.3) is 0 Å². The van der Waals surface area contributed by atoms with Crippen LogP contribution in [0.5, 0.6) is 0 Å². The molecule has 8 atom stereocenters. The number of carboxylic acid groups (broad SMARTS) is 3. The number of rotatable bonds is 67. The minimum absolute atomic E-state index is 0.0162. The zero-order valence-corrected chi connectivity index (χ0v) is 93.0. The highest BCUT2D eigenvalue weighted by molar-refractivity contribution is 9.19. The summed E-state index contributed by atoms with van der Waals surface area (Å²) in [5.74, 6) is 6.24. The SMILES string of the molecule is C=CCOC(=O)CCCN.C=CCOC(=O)CCCNC(=O)C[C@@H](CC)CC(C)C.C=CCOC(=O)CCCNC(=O)C[C@@H](CC)CC(C)C.CC(C)C[C@H](CN)CC(=O)O.CC[C@H](CC(=O)NCCCC(=O)CBr)CC(C)C.CC[C@H](CC(=O)NCCN)CC(C)C.CC[C@H](CC(=O)NCCN)CC(C)C.CC[C@H](CC(=O)O)CC(C)C.CC[C@H](CC(=O)O)CC(C)C.O=C(Br)CBr. The quantitative estimate of drug-likeness (QED) is 0.00672. The van der Waals surface area contributed by atoms with E-state index in [0.29, 0.717) is 255 Å². The molecule has 31 heteroatoms. The summed E-state index contributed by atoms with van der Waals surface area (Å²) in [6.45, 7) is 65.3. The molecule has 0 unspecified atom stereocenters. The molecule has 0 saturated carbocycles. The number of ketones is 1. The van der Waals surface area contributed by atoms with Crippen LogP contribution in [0, 0.1) is 94.7 Å². The lowest BCUT2D eigenvalue weighted by atomic mass is 9.92. The molecule has 5 amide bonds. The maximum absolute atomic E-state index is 11.8. The molecule has 28 nitrogen and oxygen atoms in total. The fourth-order valence-corrected chi connectivity index (χ4v) is 13.9. The van der Waals surface area contributed by atoms with E-state index in [9.17, 15) is 62.3 Å². The summed E-state index contributed by atoms with van der Waals surface area (Å²) in [4.78, 5) is 143. The second-order valence-corrected chi connectivity index (χ2v) is 39.5. The first-order valence-corrected chi connectivity index (χ1v) is 52.9. The largest absolute Gasteiger partial charge is 0.481 e. The van der Waals surface area contributed by atoms with Gasteiger partial charge in [0.1, 0.15) is 25.6 Å². The third kappa shape index (κ3) is 130. The first-order chi connectivity index (χ1) is 62.9. The fourth-order valence-electron chi connectivity index (χ4n) is 13.6. The number of carbonyl (C=O) groups excluding carboxylic acids is 10. The first kappa shape index (κ1) is 148. The number of hydrogen-bond acceptors (Lipinski definition) is 20. The Hall–Kier alpha value is -5.99. The van der Waals surface area contributed by atoms with Crippen molar-refractivity contribution in [1.29, 1.82) is 0 Å². The van der Waals surface area contributed by atoms with Crippen LogP contribution >= 0.6 is 47.8 Å². The van der Waals surface area contributed by atoms with E-state index in [0.717, 1.165) is 103 Å². The van der Waals surface area contributed by atoms with E-state index in [1.165, 1.54) is 0 Å². The Morgan fingerprint density at radius 2 is 0.493 bits per heavy atom. The van der Waals surface area contributed by atoms with Gasteiger partial charge in [-0.05, 0) is 201 Å². The highest BCUT2D eigenvalue weighted by Gasteiger charge is 2.21. The normalized spacial score (nSPS) is 12.2. The van der Waals surface area contributed by atoms with Crippen LogP contribution in [0.15, 0.2) is 38.0 Å². The van der Waals surface area contributed by atoms with Crippen molar-refractivity contribution in [2.24, 2.45) is 118 Å². The smallest absolute Gasteiger partial charge is 0.306 e. The Morgan fingerprint density at radius 3 is 0.664 bits per heavy atom. The summed E-state index contributed by atoms with van der Waals surface area (Å²) in [6, 6.07) is 0. The van der Waals surface area contributed by atoms with Gasteiger partial charge in [-0.2, -0.15) is 0 Å². The summed E-state index contributed by atoms with van der Waals surface area (Å²) in [5.41, 5.74) is 21.2. The number of amides is 5. The maximum atomic E-state index is 11.8. The number of carboxylic acids is 3. The zero-order chi connectivity index (χ0) is 105. The topological polar surface area (TPSA) is 475 Å². The molecule has 0 radical (unpaired) electrons. The Balaban J connectivity index is -0.000000162. The van der Waals surface area contributed by atoms with Crippen molar-refractivity contribution < 1.29 is 91.9 Å². The molecule has 0 aromatic rings. The third-order valence-electron chi connectivity index (χ3n) is 20.1. The Kier molecular flexibility index (Phi) is 119. The van der Waals surface area contributed by atoms with Gasteiger partial charge < -0.3 is 79.0 Å².